The van der Waals surface area contributed by atoms with Crippen LogP contribution in [0.25, 0.3) is 11.1 Å². The minimum absolute atomic E-state index is 0.0273. The summed E-state index contributed by atoms with van der Waals surface area (Å²) in [5, 5.41) is 9.15. The van der Waals surface area contributed by atoms with Crippen molar-refractivity contribution in [2.24, 2.45) is 0 Å². The number of esters is 1. The van der Waals surface area contributed by atoms with E-state index in [-0.39, 0.29) is 13.2 Å². The Kier molecular flexibility index (Phi) is 6.12. The van der Waals surface area contributed by atoms with E-state index < -0.39 is 5.97 Å². The molecule has 0 aromatic heterocycles. The lowest BCUT2D eigenvalue weighted by atomic mass is 9.96. The van der Waals surface area contributed by atoms with Crippen molar-refractivity contribution in [2.75, 3.05) is 0 Å². The van der Waals surface area contributed by atoms with Gasteiger partial charge in [-0.05, 0) is 34.2 Å². The summed E-state index contributed by atoms with van der Waals surface area (Å²) >= 11 is 0. The molecule has 0 heterocycles. The Labute approximate surface area is 137 Å². The fourth-order valence-electron chi connectivity index (χ4n) is 2.49. The van der Waals surface area contributed by atoms with Crippen LogP contribution in [0.5, 0.6) is 0 Å². The van der Waals surface area contributed by atoms with Crippen LogP contribution in [0, 0.1) is 0 Å². The minimum atomic E-state index is -0.424. The second kappa shape index (κ2) is 8.30. The number of carbonyl (C=O) groups excluding carboxylic acids is 1. The molecule has 3 nitrogen and oxygen atoms in total. The average Bonchev–Trinajstić information content (AvgIpc) is 2.60. The molecule has 2 rings (SSSR count). The number of hydrogen-bond donors (Lipinski definition) is 1. The summed E-state index contributed by atoms with van der Waals surface area (Å²) in [5.74, 6) is -0.424. The number of aliphatic hydroxyl groups is 1. The van der Waals surface area contributed by atoms with Gasteiger partial charge in [0.2, 0.25) is 0 Å². The first-order valence-electron chi connectivity index (χ1n) is 7.79. The van der Waals surface area contributed by atoms with Gasteiger partial charge in [-0.25, -0.2) is 4.79 Å². The number of rotatable bonds is 7. The van der Waals surface area contributed by atoms with Gasteiger partial charge in [0.25, 0.3) is 0 Å². The van der Waals surface area contributed by atoms with E-state index in [0.29, 0.717) is 0 Å². The first kappa shape index (κ1) is 17.0. The third-order valence-electron chi connectivity index (χ3n) is 3.69. The lowest BCUT2D eigenvalue weighted by molar-refractivity contribution is -0.138. The van der Waals surface area contributed by atoms with Gasteiger partial charge in [0, 0.05) is 6.08 Å². The molecule has 0 bridgehead atoms. The number of aliphatic hydroxyl groups excluding tert-OH is 1. The Morgan fingerprint density at radius 2 is 1.87 bits per heavy atom. The maximum absolute atomic E-state index is 11.4. The Balaban J connectivity index is 2.34. The van der Waals surface area contributed by atoms with E-state index >= 15 is 0 Å². The van der Waals surface area contributed by atoms with Crippen LogP contribution < -0.4 is 0 Å². The predicted octanol–water partition coefficient (Wildman–Crippen LogP) is 4.03. The molecule has 1 N–H and O–H groups in total. The molecule has 0 saturated heterocycles. The van der Waals surface area contributed by atoms with Crippen molar-refractivity contribution in [3.8, 4) is 11.1 Å². The van der Waals surface area contributed by atoms with Gasteiger partial charge in [0.05, 0.1) is 6.61 Å². The highest BCUT2D eigenvalue weighted by Crippen LogP contribution is 2.26. The summed E-state index contributed by atoms with van der Waals surface area (Å²) in [4.78, 5) is 11.4. The number of benzene rings is 2. The Bertz CT molecular complexity index is 672. The molecule has 0 saturated carbocycles. The summed E-state index contributed by atoms with van der Waals surface area (Å²) in [6, 6.07) is 14.0. The third-order valence-corrected chi connectivity index (χ3v) is 3.69. The second-order valence-corrected chi connectivity index (χ2v) is 5.41. The first-order valence-corrected chi connectivity index (χ1v) is 7.79. The van der Waals surface area contributed by atoms with Gasteiger partial charge >= 0.3 is 5.97 Å². The smallest absolute Gasteiger partial charge is 0.330 e. The summed E-state index contributed by atoms with van der Waals surface area (Å²) < 4.78 is 5.22. The van der Waals surface area contributed by atoms with Gasteiger partial charge in [-0.2, -0.15) is 0 Å². The van der Waals surface area contributed by atoms with E-state index in [2.05, 4.69) is 31.7 Å². The Morgan fingerprint density at radius 1 is 1.17 bits per heavy atom. The molecular weight excluding hydrogens is 288 g/mol. The molecule has 0 aliphatic rings. The summed E-state index contributed by atoms with van der Waals surface area (Å²) in [7, 11) is 0. The monoisotopic (exact) mass is 310 g/mol. The SMILES string of the molecule is C=CC(=O)OCc1cc(CCC)ccc1-c1ccc(CO)cc1. The number of carbonyl (C=O) groups is 1. The number of aryl methyl sites for hydroxylation is 1. The Hall–Kier alpha value is -2.39. The van der Waals surface area contributed by atoms with Crippen LogP contribution in [0.2, 0.25) is 0 Å². The maximum atomic E-state index is 11.4. The van der Waals surface area contributed by atoms with E-state index in [1.807, 2.05) is 24.3 Å². The van der Waals surface area contributed by atoms with Crippen molar-refractivity contribution in [1.82, 2.24) is 0 Å². The average molecular weight is 310 g/mol. The summed E-state index contributed by atoms with van der Waals surface area (Å²) in [5.41, 5.74) is 5.15. The topological polar surface area (TPSA) is 46.5 Å². The highest BCUT2D eigenvalue weighted by molar-refractivity contribution is 5.81. The molecule has 0 atom stereocenters. The van der Waals surface area contributed by atoms with Crippen molar-refractivity contribution in [2.45, 2.75) is 33.0 Å². The molecule has 2 aromatic carbocycles. The van der Waals surface area contributed by atoms with Crippen molar-refractivity contribution in [1.29, 1.82) is 0 Å². The molecule has 0 aliphatic heterocycles. The summed E-state index contributed by atoms with van der Waals surface area (Å²) in [6.07, 6.45) is 3.23. The minimum Gasteiger partial charge on any atom is -0.458 e. The highest BCUT2D eigenvalue weighted by Gasteiger charge is 2.09. The molecule has 0 aliphatic carbocycles. The standard InChI is InChI=1S/C20H22O3/c1-3-5-15-8-11-19(17-9-6-16(13-21)7-10-17)18(12-15)14-23-20(22)4-2/h4,6-12,21H,2-3,5,13-14H2,1H3. The highest BCUT2D eigenvalue weighted by atomic mass is 16.5. The van der Waals surface area contributed by atoms with Crippen LogP contribution in [-0.4, -0.2) is 11.1 Å². The lowest BCUT2D eigenvalue weighted by Gasteiger charge is -2.13. The number of hydrogen-bond acceptors (Lipinski definition) is 3. The van der Waals surface area contributed by atoms with Gasteiger partial charge in [-0.3, -0.25) is 0 Å². The molecule has 3 heteroatoms. The molecule has 23 heavy (non-hydrogen) atoms. The van der Waals surface area contributed by atoms with Crippen LogP contribution in [0.3, 0.4) is 0 Å². The van der Waals surface area contributed by atoms with Crippen LogP contribution in [0.1, 0.15) is 30.0 Å². The molecule has 0 amide bonds. The third kappa shape index (κ3) is 4.54. The van der Waals surface area contributed by atoms with Crippen LogP contribution in [0.4, 0.5) is 0 Å². The van der Waals surface area contributed by atoms with Crippen LogP contribution in [-0.2, 0) is 29.2 Å². The van der Waals surface area contributed by atoms with Crippen molar-refractivity contribution < 1.29 is 14.6 Å². The van der Waals surface area contributed by atoms with Gasteiger partial charge in [0.1, 0.15) is 6.61 Å². The predicted molar refractivity (Wildman–Crippen MR) is 91.8 cm³/mol. The fourth-order valence-corrected chi connectivity index (χ4v) is 2.49. The van der Waals surface area contributed by atoms with Gasteiger partial charge in [0.15, 0.2) is 0 Å². The lowest BCUT2D eigenvalue weighted by Crippen LogP contribution is -2.02. The van der Waals surface area contributed by atoms with E-state index in [4.69, 9.17) is 9.84 Å². The van der Waals surface area contributed by atoms with Crippen LogP contribution >= 0.6 is 0 Å². The van der Waals surface area contributed by atoms with Crippen molar-refractivity contribution in [3.63, 3.8) is 0 Å². The van der Waals surface area contributed by atoms with Crippen molar-refractivity contribution in [3.05, 3.63) is 71.8 Å². The molecule has 0 spiro atoms. The first-order chi connectivity index (χ1) is 11.2. The molecule has 0 fully saturated rings. The normalized spacial score (nSPS) is 10.3. The maximum Gasteiger partial charge on any atom is 0.330 e. The molecule has 120 valence electrons. The largest absolute Gasteiger partial charge is 0.458 e. The molecule has 0 unspecified atom stereocenters. The number of ether oxygens (including phenoxy) is 1. The van der Waals surface area contributed by atoms with E-state index in [1.54, 1.807) is 0 Å². The molecule has 0 radical (unpaired) electrons. The van der Waals surface area contributed by atoms with Gasteiger partial charge in [-0.15, -0.1) is 0 Å². The molecular formula is C20H22O3. The van der Waals surface area contributed by atoms with Gasteiger partial charge < -0.3 is 9.84 Å². The van der Waals surface area contributed by atoms with E-state index in [1.165, 1.54) is 11.6 Å². The quantitative estimate of drug-likeness (QED) is 0.620. The van der Waals surface area contributed by atoms with E-state index in [0.717, 1.165) is 35.1 Å². The Morgan fingerprint density at radius 3 is 2.48 bits per heavy atom. The van der Waals surface area contributed by atoms with Crippen LogP contribution in [0.15, 0.2) is 55.1 Å². The fraction of sp³-hybridized carbons (Fsp3) is 0.250. The zero-order chi connectivity index (χ0) is 16.7. The summed E-state index contributed by atoms with van der Waals surface area (Å²) in [6.45, 7) is 5.81. The van der Waals surface area contributed by atoms with Gasteiger partial charge in [-0.1, -0.05) is 62.4 Å². The molecule has 2 aromatic rings. The zero-order valence-corrected chi connectivity index (χ0v) is 13.4. The van der Waals surface area contributed by atoms with Crippen molar-refractivity contribution >= 4 is 5.97 Å². The second-order valence-electron chi connectivity index (χ2n) is 5.41. The zero-order valence-electron chi connectivity index (χ0n) is 13.4. The van der Waals surface area contributed by atoms with E-state index in [9.17, 15) is 4.79 Å².